The number of hydrogen-bond donors (Lipinski definition) is 0. The van der Waals surface area contributed by atoms with E-state index in [-0.39, 0.29) is 92.0 Å². The molecule has 0 N–H and O–H groups in total. The van der Waals surface area contributed by atoms with Crippen molar-refractivity contribution in [3.05, 3.63) is 35.9 Å². The summed E-state index contributed by atoms with van der Waals surface area (Å²) in [5.41, 5.74) is 0.746. The van der Waals surface area contributed by atoms with E-state index in [9.17, 15) is 22.6 Å². The largest absolute Gasteiger partial charge is 1.00 e. The van der Waals surface area contributed by atoms with Crippen LogP contribution in [0.4, 0.5) is 0 Å². The van der Waals surface area contributed by atoms with Gasteiger partial charge in [0.05, 0.1) is 11.7 Å². The first-order valence-electron chi connectivity index (χ1n) is 16.1. The Kier molecular flexibility index (Phi) is 11.6. The number of hydrogen-bond acceptors (Lipinski definition) is 7. The number of rotatable bonds is 9. The molecule has 1 aromatic carbocycles. The van der Waals surface area contributed by atoms with Crippen molar-refractivity contribution < 1.29 is 82.9 Å². The van der Waals surface area contributed by atoms with Crippen molar-refractivity contribution >= 4 is 22.2 Å². The van der Waals surface area contributed by atoms with Crippen molar-refractivity contribution in [1.82, 2.24) is 0 Å². The number of ketones is 1. The number of ether oxygens (including phenoxy) is 1. The van der Waals surface area contributed by atoms with E-state index in [0.717, 1.165) is 44.9 Å². The summed E-state index contributed by atoms with van der Waals surface area (Å²) < 4.78 is 45.3. The fourth-order valence-corrected chi connectivity index (χ4v) is 10.8. The first kappa shape index (κ1) is 35.7. The van der Waals surface area contributed by atoms with Crippen LogP contribution in [0, 0.1) is 52.3 Å². The molecule has 0 spiro atoms. The minimum Gasteiger partial charge on any atom is -0.726 e. The predicted molar refractivity (Wildman–Crippen MR) is 159 cm³/mol. The van der Waals surface area contributed by atoms with E-state index in [1.807, 2.05) is 32.0 Å². The van der Waals surface area contributed by atoms with Crippen LogP contribution in [0.5, 0.6) is 0 Å². The van der Waals surface area contributed by atoms with Crippen molar-refractivity contribution in [1.29, 1.82) is 0 Å². The Balaban J connectivity index is 0.00000423. The van der Waals surface area contributed by atoms with Crippen LogP contribution in [0.2, 0.25) is 0 Å². The molecule has 0 saturated heterocycles. The van der Waals surface area contributed by atoms with Gasteiger partial charge in [0.2, 0.25) is 10.4 Å². The second-order valence-corrected chi connectivity index (χ2v) is 15.9. The number of carbonyl (C=O) groups excluding carboxylic acids is 2. The van der Waals surface area contributed by atoms with Gasteiger partial charge in [0.1, 0.15) is 11.9 Å². The maximum absolute atomic E-state index is 13.4. The zero-order valence-corrected chi connectivity index (χ0v) is 30.9. The first-order valence-corrected chi connectivity index (χ1v) is 17.5. The number of esters is 1. The van der Waals surface area contributed by atoms with Gasteiger partial charge in [-0.2, -0.15) is 0 Å². The molecule has 4 fully saturated rings. The van der Waals surface area contributed by atoms with Crippen molar-refractivity contribution in [2.45, 2.75) is 111 Å². The van der Waals surface area contributed by atoms with Crippen molar-refractivity contribution in [3.8, 4) is 0 Å². The normalized spacial score (nSPS) is 37.0. The van der Waals surface area contributed by atoms with Gasteiger partial charge in [-0.3, -0.25) is 8.98 Å². The molecular formula is C34H49KO7S. The van der Waals surface area contributed by atoms with Crippen LogP contribution in [0.25, 0.3) is 0 Å². The molecule has 9 heteroatoms. The summed E-state index contributed by atoms with van der Waals surface area (Å²) in [5, 5.41) is 0. The van der Waals surface area contributed by atoms with Gasteiger partial charge in [0.15, 0.2) is 0 Å². The predicted octanol–water partition coefficient (Wildman–Crippen LogP) is 3.97. The number of carbonyl (C=O) groups is 2. The Hall–Kier alpha value is -0.134. The fourth-order valence-electron chi connectivity index (χ4n) is 10.1. The molecule has 7 nitrogen and oxygen atoms in total. The van der Waals surface area contributed by atoms with Crippen LogP contribution in [-0.4, -0.2) is 36.9 Å². The molecule has 0 aromatic heterocycles. The maximum atomic E-state index is 13.4. The van der Waals surface area contributed by atoms with Crippen molar-refractivity contribution in [3.63, 3.8) is 0 Å². The number of fused-ring (bicyclic) bond motifs is 5. The van der Waals surface area contributed by atoms with Crippen molar-refractivity contribution in [2.24, 2.45) is 52.3 Å². The van der Waals surface area contributed by atoms with Crippen LogP contribution >= 0.6 is 0 Å². The SMILES string of the molecule is CC(CC[C@@H](OS(=O)(=O)[O-])C(C)C)[C@H]1CCC2C3C(CC[C@@]21C)[C@@]1(C)CCC(=O)C[C@@H]1C[C@H]3OC(=O)c1ccccc1.[K+]. The van der Waals surface area contributed by atoms with Crippen LogP contribution < -0.4 is 51.4 Å². The second-order valence-electron chi connectivity index (χ2n) is 14.9. The third-order valence-corrected chi connectivity index (χ3v) is 12.9. The molecule has 234 valence electrons. The minimum atomic E-state index is -4.75. The Morgan fingerprint density at radius 2 is 1.67 bits per heavy atom. The average Bonchev–Trinajstić information content (AvgIpc) is 3.28. The van der Waals surface area contributed by atoms with Gasteiger partial charge in [-0.1, -0.05) is 52.8 Å². The number of Topliss-reactive ketones (excluding diaryl/α,β-unsaturated/α-hetero) is 1. The fraction of sp³-hybridized carbons (Fsp3) is 0.765. The van der Waals surface area contributed by atoms with Gasteiger partial charge in [-0.05, 0) is 110 Å². The molecule has 0 heterocycles. The van der Waals surface area contributed by atoms with Gasteiger partial charge in [-0.25, -0.2) is 13.2 Å². The maximum Gasteiger partial charge on any atom is 1.00 e. The standard InChI is InChI=1S/C34H50O7S.K/c1-21(2)29(41-42(37,38)39)14-11-22(3)26-12-13-27-31-28(16-18-34(26,27)5)33(4)17-15-25(35)19-24(33)20-30(31)40-32(36)23-9-7-6-8-10-23;/h6-10,21-22,24,26-31H,11-20H2,1-5H3,(H,37,38,39);/q;+1/p-1/t22?,24-,26-,27?,28?,29-,30-,31?,33+,34-;/m1./s1. The second kappa shape index (κ2) is 13.9. The Bertz CT molecular complexity index is 1250. The Morgan fingerprint density at radius 3 is 2.33 bits per heavy atom. The molecule has 4 aliphatic rings. The van der Waals surface area contributed by atoms with Crippen LogP contribution in [0.15, 0.2) is 30.3 Å². The van der Waals surface area contributed by atoms with E-state index < -0.39 is 16.5 Å². The van der Waals surface area contributed by atoms with Crippen LogP contribution in [-0.2, 0) is 24.1 Å². The number of benzene rings is 1. The molecule has 0 radical (unpaired) electrons. The Labute approximate surface area is 301 Å². The smallest absolute Gasteiger partial charge is 0.726 e. The average molecular weight is 641 g/mol. The summed E-state index contributed by atoms with van der Waals surface area (Å²) in [6, 6.07) is 9.23. The van der Waals surface area contributed by atoms with E-state index in [1.165, 1.54) is 0 Å². The molecule has 0 aliphatic heterocycles. The van der Waals surface area contributed by atoms with E-state index in [2.05, 4.69) is 20.8 Å². The molecule has 1 aromatic rings. The third-order valence-electron chi connectivity index (χ3n) is 12.4. The van der Waals surface area contributed by atoms with E-state index >= 15 is 0 Å². The summed E-state index contributed by atoms with van der Waals surface area (Å²) in [5.74, 6) is 2.17. The molecule has 4 aliphatic carbocycles. The van der Waals surface area contributed by atoms with Gasteiger partial charge in [0, 0.05) is 18.8 Å². The molecular weight excluding hydrogens is 592 g/mol. The summed E-state index contributed by atoms with van der Waals surface area (Å²) >= 11 is 0. The summed E-state index contributed by atoms with van der Waals surface area (Å²) in [4.78, 5) is 26.0. The van der Waals surface area contributed by atoms with Gasteiger partial charge < -0.3 is 9.29 Å². The summed E-state index contributed by atoms with van der Waals surface area (Å²) in [7, 11) is -4.75. The molecule has 10 atom stereocenters. The topological polar surface area (TPSA) is 110 Å². The zero-order valence-electron chi connectivity index (χ0n) is 26.9. The minimum absolute atomic E-state index is 0. The van der Waals surface area contributed by atoms with Gasteiger partial charge in [0.25, 0.3) is 0 Å². The molecule has 5 rings (SSSR count). The summed E-state index contributed by atoms with van der Waals surface area (Å²) in [6.07, 6.45) is 7.84. The van der Waals surface area contributed by atoms with E-state index in [1.54, 1.807) is 12.1 Å². The van der Waals surface area contributed by atoms with Gasteiger partial charge in [-0.15, -0.1) is 0 Å². The van der Waals surface area contributed by atoms with Crippen LogP contribution in [0.3, 0.4) is 0 Å². The quantitative estimate of drug-likeness (QED) is 0.174. The van der Waals surface area contributed by atoms with E-state index in [0.29, 0.717) is 54.3 Å². The summed E-state index contributed by atoms with van der Waals surface area (Å²) in [6.45, 7) is 10.9. The molecule has 43 heavy (non-hydrogen) atoms. The monoisotopic (exact) mass is 640 g/mol. The van der Waals surface area contributed by atoms with Crippen molar-refractivity contribution in [2.75, 3.05) is 0 Å². The molecule has 4 saturated carbocycles. The third kappa shape index (κ3) is 7.39. The zero-order chi connectivity index (χ0) is 30.4. The molecule has 0 bridgehead atoms. The molecule has 0 amide bonds. The van der Waals surface area contributed by atoms with Gasteiger partial charge >= 0.3 is 57.4 Å². The Morgan fingerprint density at radius 1 is 1.00 bits per heavy atom. The first-order chi connectivity index (χ1) is 19.7. The molecule has 4 unspecified atom stereocenters. The van der Waals surface area contributed by atoms with E-state index in [4.69, 9.17) is 8.92 Å². The van der Waals surface area contributed by atoms with Crippen LogP contribution in [0.1, 0.15) is 109 Å².